The van der Waals surface area contributed by atoms with E-state index in [4.69, 9.17) is 11.6 Å². The molecule has 0 aliphatic carbocycles. The fourth-order valence-corrected chi connectivity index (χ4v) is 10.3. The van der Waals surface area contributed by atoms with Crippen LogP contribution in [-0.4, -0.2) is 45.5 Å². The van der Waals surface area contributed by atoms with Gasteiger partial charge >= 0.3 is 11.9 Å². The number of hydrogen-bond donors (Lipinski definition) is 2. The molecule has 0 spiro atoms. The van der Waals surface area contributed by atoms with Crippen molar-refractivity contribution in [1.82, 2.24) is 19.9 Å². The number of rotatable bonds is 3. The first kappa shape index (κ1) is 27.5. The van der Waals surface area contributed by atoms with E-state index in [1.807, 2.05) is 18.7 Å². The molecule has 1 fully saturated rings. The number of halogens is 5. The Morgan fingerprint density at radius 2 is 1.85 bits per heavy atom. The second kappa shape index (κ2) is 10.3. The van der Waals surface area contributed by atoms with Gasteiger partial charge < -0.3 is 10.2 Å². The normalized spacial score (nSPS) is 24.3. The van der Waals surface area contributed by atoms with Gasteiger partial charge in [-0.2, -0.15) is 29.1 Å². The van der Waals surface area contributed by atoms with Crippen LogP contribution in [0.1, 0.15) is 30.9 Å². The average molecular weight is 612 g/mol. The van der Waals surface area contributed by atoms with Crippen LogP contribution >= 0.6 is 33.8 Å². The van der Waals surface area contributed by atoms with E-state index in [2.05, 4.69) is 15.3 Å². The molecular weight excluding hydrogens is 586 g/mol. The van der Waals surface area contributed by atoms with Crippen molar-refractivity contribution in [2.75, 3.05) is 23.7 Å². The standard InChI is InChI=1S/C27H26ClF4N5OS2/c1-14-9-36(10-15(2)34-14)25-21-4-18(27(30,31)32)5-22-24(21)37(26(38)35-25)11-17(16-3-20(29)8-33-7-16)13-40(22)23-6-19(28)12-39-23/h3-8,12,14-15,17,34,40H,9-11,13H2,1-2H3/t14-,15+,17-/m0/s1. The van der Waals surface area contributed by atoms with E-state index in [-0.39, 0.29) is 30.4 Å². The quantitative estimate of drug-likeness (QED) is 0.218. The fourth-order valence-electron chi connectivity index (χ4n) is 5.77. The fraction of sp³-hybridized carbons (Fsp3) is 0.370. The van der Waals surface area contributed by atoms with Crippen LogP contribution in [-0.2, 0) is 12.7 Å². The predicted octanol–water partition coefficient (Wildman–Crippen LogP) is 6.07. The summed E-state index contributed by atoms with van der Waals surface area (Å²) in [5.41, 5.74) is -0.310. The van der Waals surface area contributed by atoms with Gasteiger partial charge in [-0.25, -0.2) is 9.18 Å². The van der Waals surface area contributed by atoms with E-state index < -0.39 is 34.1 Å². The topological polar surface area (TPSA) is 63.1 Å². The maximum atomic E-state index is 14.4. The molecule has 2 aliphatic heterocycles. The molecule has 40 heavy (non-hydrogen) atoms. The molecule has 6 rings (SSSR count). The first-order valence-electron chi connectivity index (χ1n) is 12.8. The number of nitrogens with one attached hydrogen (secondary N) is 1. The summed E-state index contributed by atoms with van der Waals surface area (Å²) in [4.78, 5) is 24.4. The second-order valence-electron chi connectivity index (χ2n) is 10.4. The van der Waals surface area contributed by atoms with Crippen molar-refractivity contribution in [3.8, 4) is 0 Å². The van der Waals surface area contributed by atoms with E-state index in [1.165, 1.54) is 28.0 Å². The first-order valence-corrected chi connectivity index (χ1v) is 15.5. The maximum Gasteiger partial charge on any atom is 0.416 e. The number of pyridine rings is 1. The second-order valence-corrected chi connectivity index (χ2v) is 14.3. The highest BCUT2D eigenvalue weighted by Gasteiger charge is 2.37. The van der Waals surface area contributed by atoms with Crippen molar-refractivity contribution < 1.29 is 17.6 Å². The van der Waals surface area contributed by atoms with E-state index in [1.54, 1.807) is 17.6 Å². The minimum Gasteiger partial charge on any atom is -0.353 e. The van der Waals surface area contributed by atoms with Crippen LogP contribution in [0.2, 0.25) is 5.02 Å². The van der Waals surface area contributed by atoms with E-state index in [0.717, 1.165) is 16.5 Å². The molecule has 0 radical (unpaired) electrons. The summed E-state index contributed by atoms with van der Waals surface area (Å²) in [6, 6.07) is 5.56. The molecule has 2 aliphatic rings. The van der Waals surface area contributed by atoms with Crippen LogP contribution < -0.4 is 15.9 Å². The third-order valence-corrected chi connectivity index (χ3v) is 11.8. The van der Waals surface area contributed by atoms with Gasteiger partial charge in [0.05, 0.1) is 22.3 Å². The molecule has 1 unspecified atom stereocenters. The predicted molar refractivity (Wildman–Crippen MR) is 152 cm³/mol. The van der Waals surface area contributed by atoms with Crippen molar-refractivity contribution >= 4 is 50.6 Å². The van der Waals surface area contributed by atoms with Gasteiger partial charge in [0.15, 0.2) is 0 Å². The summed E-state index contributed by atoms with van der Waals surface area (Å²) in [7, 11) is -1.41. The number of anilines is 1. The molecule has 0 amide bonds. The van der Waals surface area contributed by atoms with Crippen molar-refractivity contribution in [2.24, 2.45) is 0 Å². The number of thiol groups is 1. The summed E-state index contributed by atoms with van der Waals surface area (Å²) >= 11 is 7.66. The number of thiophene rings is 1. The highest BCUT2D eigenvalue weighted by Crippen LogP contribution is 2.55. The minimum absolute atomic E-state index is 0.0548. The lowest BCUT2D eigenvalue weighted by Gasteiger charge is -2.37. The Kier molecular flexibility index (Phi) is 7.09. The zero-order chi connectivity index (χ0) is 28.3. The van der Waals surface area contributed by atoms with E-state index in [9.17, 15) is 22.4 Å². The summed E-state index contributed by atoms with van der Waals surface area (Å²) in [5.74, 6) is -0.250. The van der Waals surface area contributed by atoms with Gasteiger partial charge in [0.2, 0.25) is 0 Å². The van der Waals surface area contributed by atoms with Crippen LogP contribution in [0.25, 0.3) is 10.9 Å². The average Bonchev–Trinajstić information content (AvgIpc) is 3.23. The molecule has 1 saturated heterocycles. The molecule has 4 aromatic rings. The lowest BCUT2D eigenvalue weighted by molar-refractivity contribution is -0.137. The maximum absolute atomic E-state index is 14.4. The third kappa shape index (κ3) is 5.10. The van der Waals surface area contributed by atoms with Gasteiger partial charge in [-0.3, -0.25) is 9.55 Å². The van der Waals surface area contributed by atoms with Crippen molar-refractivity contribution in [1.29, 1.82) is 0 Å². The van der Waals surface area contributed by atoms with Gasteiger partial charge in [-0.1, -0.05) is 11.6 Å². The van der Waals surface area contributed by atoms with Gasteiger partial charge in [-0.15, -0.1) is 11.3 Å². The van der Waals surface area contributed by atoms with Gasteiger partial charge in [0.1, 0.15) is 11.6 Å². The number of benzene rings is 1. The van der Waals surface area contributed by atoms with E-state index in [0.29, 0.717) is 45.2 Å². The monoisotopic (exact) mass is 611 g/mol. The highest BCUT2D eigenvalue weighted by molar-refractivity contribution is 8.18. The zero-order valence-electron chi connectivity index (χ0n) is 21.5. The first-order chi connectivity index (χ1) is 19.0. The number of hydrogen-bond acceptors (Lipinski definition) is 6. The van der Waals surface area contributed by atoms with Crippen LogP contribution in [0.4, 0.5) is 23.4 Å². The highest BCUT2D eigenvalue weighted by atomic mass is 35.5. The van der Waals surface area contributed by atoms with Crippen LogP contribution in [0, 0.1) is 5.82 Å². The lowest BCUT2D eigenvalue weighted by atomic mass is 10.0. The Labute approximate surface area is 239 Å². The Bertz CT molecular complexity index is 1650. The zero-order valence-corrected chi connectivity index (χ0v) is 24.0. The molecule has 0 saturated carbocycles. The molecule has 212 valence electrons. The number of nitrogens with zero attached hydrogens (tertiary/aromatic N) is 4. The number of alkyl halides is 3. The van der Waals surface area contributed by atoms with Crippen molar-refractivity contribution in [3.63, 3.8) is 0 Å². The smallest absolute Gasteiger partial charge is 0.353 e. The minimum atomic E-state index is -4.61. The number of piperazine rings is 1. The van der Waals surface area contributed by atoms with E-state index >= 15 is 0 Å². The molecule has 4 atom stereocenters. The summed E-state index contributed by atoms with van der Waals surface area (Å²) < 4.78 is 59.7. The Balaban J connectivity index is 1.66. The Hall–Kier alpha value is -2.67. The lowest BCUT2D eigenvalue weighted by Crippen LogP contribution is -2.55. The largest absolute Gasteiger partial charge is 0.416 e. The molecule has 13 heteroatoms. The van der Waals surface area contributed by atoms with Crippen LogP contribution in [0.3, 0.4) is 0 Å². The van der Waals surface area contributed by atoms with Crippen molar-refractivity contribution in [3.05, 3.63) is 74.5 Å². The van der Waals surface area contributed by atoms with Crippen LogP contribution in [0.5, 0.6) is 0 Å². The number of aromatic nitrogens is 3. The summed E-state index contributed by atoms with van der Waals surface area (Å²) in [5, 5.41) is 5.95. The van der Waals surface area contributed by atoms with Gasteiger partial charge in [0.25, 0.3) is 0 Å². The Morgan fingerprint density at radius 1 is 1.10 bits per heavy atom. The molecule has 0 bridgehead atoms. The SMILES string of the molecule is C[C@@H]1CN(c2nc(=O)n3c4c(cc(C(F)(F)F)cc24)[SH](c2cc(Cl)cs2)C[C@@H](c2cncc(F)c2)C3)C[C@H](C)N1. The third-order valence-electron chi connectivity index (χ3n) is 7.33. The van der Waals surface area contributed by atoms with Crippen molar-refractivity contribution in [2.45, 2.75) is 53.7 Å². The molecule has 1 aromatic carbocycles. The molecule has 3 aromatic heterocycles. The summed E-state index contributed by atoms with van der Waals surface area (Å²) in [6.45, 7) is 5.11. The van der Waals surface area contributed by atoms with Gasteiger partial charge in [-0.05, 0) is 49.4 Å². The molecule has 1 N–H and O–H groups in total. The Morgan fingerprint density at radius 3 is 2.50 bits per heavy atom. The van der Waals surface area contributed by atoms with Gasteiger partial charge in [0, 0.05) is 63.7 Å². The molecule has 6 nitrogen and oxygen atoms in total. The molecular formula is C27H26ClF4N5OS2. The molecule has 5 heterocycles. The summed E-state index contributed by atoms with van der Waals surface area (Å²) in [6.07, 6.45) is -1.96. The van der Waals surface area contributed by atoms with Crippen LogP contribution in [0.15, 0.2) is 55.9 Å².